The van der Waals surface area contributed by atoms with Crippen LogP contribution in [0, 0.1) is 6.92 Å². The maximum Gasteiger partial charge on any atom is 0.227 e. The van der Waals surface area contributed by atoms with Gasteiger partial charge in [-0.15, -0.1) is 23.7 Å². The van der Waals surface area contributed by atoms with Gasteiger partial charge in [0.05, 0.1) is 5.69 Å². The molecule has 0 bridgehead atoms. The summed E-state index contributed by atoms with van der Waals surface area (Å²) in [7, 11) is 1.83. The molecule has 4 nitrogen and oxygen atoms in total. The summed E-state index contributed by atoms with van der Waals surface area (Å²) in [5.74, 6) is -0.0181. The summed E-state index contributed by atoms with van der Waals surface area (Å²) in [6.45, 7) is 2.67. The SMILES string of the molecule is CNCCC(=O)Nc1nc(-c2ccc(Br)cc2)c(C)s1.Cl. The highest BCUT2D eigenvalue weighted by Crippen LogP contribution is 2.31. The first-order chi connectivity index (χ1) is 9.60. The van der Waals surface area contributed by atoms with Crippen LogP contribution in [0.3, 0.4) is 0 Å². The van der Waals surface area contributed by atoms with Crippen LogP contribution in [-0.4, -0.2) is 24.5 Å². The molecule has 0 unspecified atom stereocenters. The van der Waals surface area contributed by atoms with Gasteiger partial charge in [0.1, 0.15) is 0 Å². The topological polar surface area (TPSA) is 54.0 Å². The van der Waals surface area contributed by atoms with Crippen LogP contribution in [0.2, 0.25) is 0 Å². The average molecular weight is 391 g/mol. The van der Waals surface area contributed by atoms with E-state index in [0.29, 0.717) is 18.1 Å². The maximum absolute atomic E-state index is 11.7. The van der Waals surface area contributed by atoms with Gasteiger partial charge in [-0.2, -0.15) is 0 Å². The van der Waals surface area contributed by atoms with Gasteiger partial charge in [0.15, 0.2) is 5.13 Å². The van der Waals surface area contributed by atoms with E-state index < -0.39 is 0 Å². The Hall–Kier alpha value is -0.950. The number of hydrogen-bond acceptors (Lipinski definition) is 4. The lowest BCUT2D eigenvalue weighted by Gasteiger charge is -2.00. The highest BCUT2D eigenvalue weighted by Gasteiger charge is 2.11. The van der Waals surface area contributed by atoms with Crippen molar-refractivity contribution in [2.75, 3.05) is 18.9 Å². The molecule has 2 rings (SSSR count). The molecule has 0 aliphatic heterocycles. The Kier molecular flexibility index (Phi) is 7.31. The summed E-state index contributed by atoms with van der Waals surface area (Å²) in [5.41, 5.74) is 1.98. The van der Waals surface area contributed by atoms with Crippen LogP contribution in [-0.2, 0) is 4.79 Å². The van der Waals surface area contributed by atoms with Crippen molar-refractivity contribution < 1.29 is 4.79 Å². The molecule has 2 N–H and O–H groups in total. The summed E-state index contributed by atoms with van der Waals surface area (Å²) in [6.07, 6.45) is 0.447. The van der Waals surface area contributed by atoms with E-state index in [2.05, 4.69) is 31.5 Å². The lowest BCUT2D eigenvalue weighted by molar-refractivity contribution is -0.116. The van der Waals surface area contributed by atoms with Gasteiger partial charge in [-0.05, 0) is 26.1 Å². The summed E-state index contributed by atoms with van der Waals surface area (Å²) in [5, 5.41) is 6.44. The molecule has 7 heteroatoms. The molecule has 0 aliphatic carbocycles. The Labute approximate surface area is 142 Å². The van der Waals surface area contributed by atoms with Crippen LogP contribution in [0.4, 0.5) is 5.13 Å². The number of aryl methyl sites for hydroxylation is 1. The summed E-state index contributed by atoms with van der Waals surface area (Å²) in [6, 6.07) is 8.00. The largest absolute Gasteiger partial charge is 0.319 e. The average Bonchev–Trinajstić information content (AvgIpc) is 2.78. The Balaban J connectivity index is 0.00000220. The number of carbonyl (C=O) groups excluding carboxylic acids is 1. The zero-order chi connectivity index (χ0) is 14.5. The van der Waals surface area contributed by atoms with Crippen molar-refractivity contribution in [3.8, 4) is 11.3 Å². The summed E-state index contributed by atoms with van der Waals surface area (Å²) in [4.78, 5) is 17.3. The molecule has 0 saturated carbocycles. The van der Waals surface area contributed by atoms with E-state index >= 15 is 0 Å². The second-order valence-electron chi connectivity index (χ2n) is 4.33. The number of anilines is 1. The fourth-order valence-corrected chi connectivity index (χ4v) is 2.86. The molecule has 1 aromatic carbocycles. The van der Waals surface area contributed by atoms with Crippen molar-refractivity contribution in [2.24, 2.45) is 0 Å². The Morgan fingerprint density at radius 3 is 2.62 bits per heavy atom. The van der Waals surface area contributed by atoms with Crippen molar-refractivity contribution in [1.29, 1.82) is 0 Å². The van der Waals surface area contributed by atoms with E-state index in [4.69, 9.17) is 0 Å². The minimum absolute atomic E-state index is 0. The Bertz CT molecular complexity index is 601. The van der Waals surface area contributed by atoms with E-state index in [0.717, 1.165) is 20.6 Å². The third-order valence-corrected chi connectivity index (χ3v) is 4.18. The van der Waals surface area contributed by atoms with Gasteiger partial charge >= 0.3 is 0 Å². The molecule has 2 aromatic rings. The second kappa shape index (κ2) is 8.48. The molecule has 0 fully saturated rings. The first-order valence-electron chi connectivity index (χ1n) is 6.28. The predicted molar refractivity (Wildman–Crippen MR) is 94.4 cm³/mol. The Morgan fingerprint density at radius 1 is 1.33 bits per heavy atom. The van der Waals surface area contributed by atoms with Gasteiger partial charge in [0, 0.05) is 27.9 Å². The van der Waals surface area contributed by atoms with Gasteiger partial charge in [0.25, 0.3) is 0 Å². The van der Waals surface area contributed by atoms with Crippen molar-refractivity contribution >= 4 is 50.7 Å². The third-order valence-electron chi connectivity index (χ3n) is 2.76. The van der Waals surface area contributed by atoms with Crippen LogP contribution in [0.15, 0.2) is 28.7 Å². The quantitative estimate of drug-likeness (QED) is 0.815. The fraction of sp³-hybridized carbons (Fsp3) is 0.286. The third kappa shape index (κ3) is 5.07. The predicted octanol–water partition coefficient (Wildman–Crippen LogP) is 3.85. The monoisotopic (exact) mass is 389 g/mol. The van der Waals surface area contributed by atoms with Gasteiger partial charge in [0.2, 0.25) is 5.91 Å². The summed E-state index contributed by atoms with van der Waals surface area (Å²) < 4.78 is 1.04. The van der Waals surface area contributed by atoms with Gasteiger partial charge < -0.3 is 10.6 Å². The zero-order valence-electron chi connectivity index (χ0n) is 11.8. The molecule has 1 amide bonds. The van der Waals surface area contributed by atoms with Crippen LogP contribution in [0.1, 0.15) is 11.3 Å². The van der Waals surface area contributed by atoms with E-state index in [1.807, 2.05) is 38.2 Å². The molecule has 21 heavy (non-hydrogen) atoms. The van der Waals surface area contributed by atoms with Crippen LogP contribution >= 0.6 is 39.7 Å². The number of amides is 1. The lowest BCUT2D eigenvalue weighted by Crippen LogP contribution is -2.18. The van der Waals surface area contributed by atoms with Gasteiger partial charge in [-0.1, -0.05) is 28.1 Å². The first-order valence-corrected chi connectivity index (χ1v) is 7.89. The number of nitrogens with zero attached hydrogens (tertiary/aromatic N) is 1. The molecular formula is C14H17BrClN3OS. The maximum atomic E-state index is 11.7. The second-order valence-corrected chi connectivity index (χ2v) is 6.45. The zero-order valence-corrected chi connectivity index (χ0v) is 15.0. The smallest absolute Gasteiger partial charge is 0.227 e. The number of benzene rings is 1. The number of aromatic nitrogens is 1. The fourth-order valence-electron chi connectivity index (χ4n) is 1.75. The molecular weight excluding hydrogens is 374 g/mol. The van der Waals surface area contributed by atoms with Crippen molar-refractivity contribution in [3.05, 3.63) is 33.6 Å². The van der Waals surface area contributed by atoms with E-state index in [9.17, 15) is 4.79 Å². The van der Waals surface area contributed by atoms with Crippen LogP contribution < -0.4 is 10.6 Å². The minimum atomic E-state index is -0.0181. The standard InChI is InChI=1S/C14H16BrN3OS.ClH/c1-9-13(10-3-5-11(15)6-4-10)18-14(20-9)17-12(19)7-8-16-2;/h3-6,16H,7-8H2,1-2H3,(H,17,18,19);1H. The molecule has 0 atom stereocenters. The minimum Gasteiger partial charge on any atom is -0.319 e. The van der Waals surface area contributed by atoms with E-state index in [1.54, 1.807) is 0 Å². The highest BCUT2D eigenvalue weighted by molar-refractivity contribution is 9.10. The lowest BCUT2D eigenvalue weighted by atomic mass is 10.1. The first kappa shape index (κ1) is 18.1. The normalized spacial score (nSPS) is 10.0. The number of hydrogen-bond donors (Lipinski definition) is 2. The van der Waals surface area contributed by atoms with Crippen molar-refractivity contribution in [2.45, 2.75) is 13.3 Å². The van der Waals surface area contributed by atoms with E-state index in [-0.39, 0.29) is 18.3 Å². The van der Waals surface area contributed by atoms with Crippen LogP contribution in [0.5, 0.6) is 0 Å². The number of thiazole rings is 1. The highest BCUT2D eigenvalue weighted by atomic mass is 79.9. The Morgan fingerprint density at radius 2 is 2.00 bits per heavy atom. The molecule has 1 aromatic heterocycles. The number of halogens is 2. The van der Waals surface area contributed by atoms with E-state index in [1.165, 1.54) is 11.3 Å². The molecule has 0 spiro atoms. The molecule has 0 saturated heterocycles. The number of nitrogens with one attached hydrogen (secondary N) is 2. The van der Waals surface area contributed by atoms with Gasteiger partial charge in [-0.25, -0.2) is 4.98 Å². The van der Waals surface area contributed by atoms with Crippen molar-refractivity contribution in [3.63, 3.8) is 0 Å². The molecule has 114 valence electrons. The molecule has 0 aliphatic rings. The molecule has 1 heterocycles. The summed E-state index contributed by atoms with van der Waals surface area (Å²) >= 11 is 4.92. The number of rotatable bonds is 5. The molecule has 0 radical (unpaired) electrons. The number of carbonyl (C=O) groups is 1. The van der Waals surface area contributed by atoms with Gasteiger partial charge in [-0.3, -0.25) is 4.79 Å². The van der Waals surface area contributed by atoms with Crippen molar-refractivity contribution in [1.82, 2.24) is 10.3 Å². The van der Waals surface area contributed by atoms with Crippen LogP contribution in [0.25, 0.3) is 11.3 Å².